The van der Waals surface area contributed by atoms with E-state index in [4.69, 9.17) is 22.1 Å². The number of hydrogen-bond donors (Lipinski definition) is 2. The van der Waals surface area contributed by atoms with Gasteiger partial charge in [-0.05, 0) is 31.5 Å². The van der Waals surface area contributed by atoms with Gasteiger partial charge in [0.25, 0.3) is 5.91 Å². The Kier molecular flexibility index (Phi) is 7.02. The molecular formula is C15H21ClN2O3. The standard InChI is InChI=1S/C15H21ClN2O3/c1-3-4-5-8-18-14(19)10(2)21-15(20)12-7-6-11(17)9-13(12)16/h6-7,9-10H,3-5,8,17H2,1-2H3,(H,18,19). The van der Waals surface area contributed by atoms with Gasteiger partial charge in [0.1, 0.15) is 0 Å². The van der Waals surface area contributed by atoms with Crippen LogP contribution in [0.5, 0.6) is 0 Å². The van der Waals surface area contributed by atoms with E-state index in [0.29, 0.717) is 12.2 Å². The molecule has 0 aliphatic carbocycles. The lowest BCUT2D eigenvalue weighted by Gasteiger charge is -2.14. The molecule has 0 aliphatic heterocycles. The molecule has 3 N–H and O–H groups in total. The minimum Gasteiger partial charge on any atom is -0.449 e. The lowest BCUT2D eigenvalue weighted by Crippen LogP contribution is -2.36. The van der Waals surface area contributed by atoms with Gasteiger partial charge in [0.2, 0.25) is 0 Å². The van der Waals surface area contributed by atoms with Crippen LogP contribution in [0, 0.1) is 0 Å². The van der Waals surface area contributed by atoms with Crippen molar-refractivity contribution in [2.45, 2.75) is 39.2 Å². The van der Waals surface area contributed by atoms with Gasteiger partial charge in [-0.1, -0.05) is 31.4 Å². The molecule has 1 aromatic rings. The predicted octanol–water partition coefficient (Wildman–Crippen LogP) is 2.77. The van der Waals surface area contributed by atoms with Crippen molar-refractivity contribution in [1.29, 1.82) is 0 Å². The van der Waals surface area contributed by atoms with Gasteiger partial charge in [0.15, 0.2) is 6.10 Å². The Bertz CT molecular complexity index is 506. The molecule has 116 valence electrons. The Morgan fingerprint density at radius 2 is 2.10 bits per heavy atom. The van der Waals surface area contributed by atoms with Gasteiger partial charge in [-0.15, -0.1) is 0 Å². The summed E-state index contributed by atoms with van der Waals surface area (Å²) in [6.45, 7) is 4.19. The average Bonchev–Trinajstić information content (AvgIpc) is 2.43. The van der Waals surface area contributed by atoms with Crippen LogP contribution in [-0.2, 0) is 9.53 Å². The summed E-state index contributed by atoms with van der Waals surface area (Å²) in [5.41, 5.74) is 6.20. The zero-order valence-corrected chi connectivity index (χ0v) is 13.1. The second-order valence-electron chi connectivity index (χ2n) is 4.78. The van der Waals surface area contributed by atoms with Crippen molar-refractivity contribution in [1.82, 2.24) is 5.32 Å². The van der Waals surface area contributed by atoms with Crippen molar-refractivity contribution in [3.8, 4) is 0 Å². The van der Waals surface area contributed by atoms with Gasteiger partial charge in [-0.2, -0.15) is 0 Å². The number of hydrogen-bond acceptors (Lipinski definition) is 4. The third-order valence-corrected chi connectivity index (χ3v) is 3.26. The molecule has 6 heteroatoms. The third kappa shape index (κ3) is 5.63. The molecule has 1 unspecified atom stereocenters. The number of nitrogens with one attached hydrogen (secondary N) is 1. The number of nitrogen functional groups attached to an aromatic ring is 1. The van der Waals surface area contributed by atoms with Crippen molar-refractivity contribution in [2.24, 2.45) is 0 Å². The van der Waals surface area contributed by atoms with Crippen LogP contribution in [0.1, 0.15) is 43.5 Å². The number of halogens is 1. The highest BCUT2D eigenvalue weighted by molar-refractivity contribution is 6.33. The first-order valence-corrected chi connectivity index (χ1v) is 7.37. The zero-order chi connectivity index (χ0) is 15.8. The van der Waals surface area contributed by atoms with E-state index >= 15 is 0 Å². The van der Waals surface area contributed by atoms with Gasteiger partial charge >= 0.3 is 5.97 Å². The van der Waals surface area contributed by atoms with Crippen LogP contribution < -0.4 is 11.1 Å². The summed E-state index contributed by atoms with van der Waals surface area (Å²) < 4.78 is 5.10. The summed E-state index contributed by atoms with van der Waals surface area (Å²) in [5, 5.41) is 2.93. The molecule has 1 rings (SSSR count). The molecule has 0 spiro atoms. The van der Waals surface area contributed by atoms with Crippen LogP contribution in [0.15, 0.2) is 18.2 Å². The van der Waals surface area contributed by atoms with E-state index in [1.807, 2.05) is 0 Å². The molecule has 1 amide bonds. The minimum atomic E-state index is -0.868. The quantitative estimate of drug-likeness (QED) is 0.461. The monoisotopic (exact) mass is 312 g/mol. The number of nitrogens with two attached hydrogens (primary N) is 1. The highest BCUT2D eigenvalue weighted by Gasteiger charge is 2.20. The van der Waals surface area contributed by atoms with Crippen molar-refractivity contribution < 1.29 is 14.3 Å². The highest BCUT2D eigenvalue weighted by atomic mass is 35.5. The summed E-state index contributed by atoms with van der Waals surface area (Å²) in [6, 6.07) is 4.50. The Morgan fingerprint density at radius 3 is 2.71 bits per heavy atom. The molecule has 0 fully saturated rings. The molecule has 0 heterocycles. The SMILES string of the molecule is CCCCCNC(=O)C(C)OC(=O)c1ccc(N)cc1Cl. The Hall–Kier alpha value is -1.75. The van der Waals surface area contributed by atoms with Gasteiger partial charge in [0.05, 0.1) is 10.6 Å². The maximum absolute atomic E-state index is 11.9. The maximum Gasteiger partial charge on any atom is 0.340 e. The second kappa shape index (κ2) is 8.52. The third-order valence-electron chi connectivity index (χ3n) is 2.95. The van der Waals surface area contributed by atoms with Gasteiger partial charge < -0.3 is 15.8 Å². The van der Waals surface area contributed by atoms with Crippen LogP contribution in [0.25, 0.3) is 0 Å². The number of unbranched alkanes of at least 4 members (excludes halogenated alkanes) is 2. The molecule has 0 aromatic heterocycles. The van der Waals surface area contributed by atoms with E-state index in [1.165, 1.54) is 19.1 Å². The number of amides is 1. The summed E-state index contributed by atoms with van der Waals surface area (Å²) in [5.74, 6) is -0.956. The summed E-state index contributed by atoms with van der Waals surface area (Å²) in [4.78, 5) is 23.7. The smallest absolute Gasteiger partial charge is 0.340 e. The number of anilines is 1. The van der Waals surface area contributed by atoms with E-state index in [-0.39, 0.29) is 16.5 Å². The highest BCUT2D eigenvalue weighted by Crippen LogP contribution is 2.20. The largest absolute Gasteiger partial charge is 0.449 e. The van der Waals surface area contributed by atoms with Gasteiger partial charge in [0, 0.05) is 12.2 Å². The number of benzene rings is 1. The van der Waals surface area contributed by atoms with Crippen LogP contribution in [0.4, 0.5) is 5.69 Å². The topological polar surface area (TPSA) is 81.4 Å². The van der Waals surface area contributed by atoms with E-state index in [1.54, 1.807) is 6.07 Å². The number of esters is 1. The Balaban J connectivity index is 2.51. The summed E-state index contributed by atoms with van der Waals surface area (Å²) in [6.07, 6.45) is 2.17. The minimum absolute atomic E-state index is 0.191. The predicted molar refractivity (Wildman–Crippen MR) is 83.3 cm³/mol. The molecule has 0 bridgehead atoms. The first-order valence-electron chi connectivity index (χ1n) is 6.99. The fourth-order valence-corrected chi connectivity index (χ4v) is 1.97. The summed E-state index contributed by atoms with van der Waals surface area (Å²) in [7, 11) is 0. The summed E-state index contributed by atoms with van der Waals surface area (Å²) >= 11 is 5.92. The fourth-order valence-electron chi connectivity index (χ4n) is 1.70. The maximum atomic E-state index is 11.9. The first kappa shape index (κ1) is 17.3. The molecule has 5 nitrogen and oxygen atoms in total. The van der Waals surface area contributed by atoms with E-state index in [0.717, 1.165) is 19.3 Å². The molecule has 0 radical (unpaired) electrons. The second-order valence-corrected chi connectivity index (χ2v) is 5.19. The molecule has 0 saturated heterocycles. The number of carbonyl (C=O) groups is 2. The number of ether oxygens (including phenoxy) is 1. The lowest BCUT2D eigenvalue weighted by atomic mass is 10.2. The van der Waals surface area contributed by atoms with E-state index < -0.39 is 12.1 Å². The number of carbonyl (C=O) groups excluding carboxylic acids is 2. The Labute approximate surface area is 129 Å². The normalized spacial score (nSPS) is 11.8. The lowest BCUT2D eigenvalue weighted by molar-refractivity contribution is -0.129. The fraction of sp³-hybridized carbons (Fsp3) is 0.467. The Morgan fingerprint density at radius 1 is 1.38 bits per heavy atom. The molecule has 21 heavy (non-hydrogen) atoms. The van der Waals surface area contributed by atoms with Crippen LogP contribution in [0.2, 0.25) is 5.02 Å². The molecule has 1 aromatic carbocycles. The molecular weight excluding hydrogens is 292 g/mol. The molecule has 1 atom stereocenters. The average molecular weight is 313 g/mol. The zero-order valence-electron chi connectivity index (χ0n) is 12.3. The van der Waals surface area contributed by atoms with Crippen LogP contribution >= 0.6 is 11.6 Å². The number of rotatable bonds is 7. The van der Waals surface area contributed by atoms with Gasteiger partial charge in [-0.25, -0.2) is 4.79 Å². The van der Waals surface area contributed by atoms with E-state index in [2.05, 4.69) is 12.2 Å². The van der Waals surface area contributed by atoms with Gasteiger partial charge in [-0.3, -0.25) is 4.79 Å². The van der Waals surface area contributed by atoms with E-state index in [9.17, 15) is 9.59 Å². The van der Waals surface area contributed by atoms with Crippen molar-refractivity contribution in [3.05, 3.63) is 28.8 Å². The van der Waals surface area contributed by atoms with Crippen molar-refractivity contribution >= 4 is 29.2 Å². The van der Waals surface area contributed by atoms with Crippen LogP contribution in [-0.4, -0.2) is 24.5 Å². The van der Waals surface area contributed by atoms with Crippen molar-refractivity contribution in [2.75, 3.05) is 12.3 Å². The molecule has 0 saturated carbocycles. The first-order chi connectivity index (χ1) is 9.95. The van der Waals surface area contributed by atoms with Crippen molar-refractivity contribution in [3.63, 3.8) is 0 Å². The van der Waals surface area contributed by atoms with Crippen LogP contribution in [0.3, 0.4) is 0 Å². The molecule has 0 aliphatic rings.